The third-order valence-corrected chi connectivity index (χ3v) is 5.79. The lowest BCUT2D eigenvalue weighted by molar-refractivity contribution is -0.274. The molecule has 1 aromatic heterocycles. The standard InChI is InChI=1S/C17H16F3N3O5S/c18-17(19,20)28-11-1-3-12(4-2-11)29(25,26)13-7-14(21)15(22-8-13)16(24)23-10-5-6-27-9-10/h1-4,7-8,10H,5-6,9,21H2,(H,23,24). The van der Waals surface area contributed by atoms with Crippen molar-refractivity contribution in [2.75, 3.05) is 18.9 Å². The number of nitrogens with zero attached hydrogens (tertiary/aromatic N) is 1. The van der Waals surface area contributed by atoms with Crippen LogP contribution in [0.1, 0.15) is 16.9 Å². The van der Waals surface area contributed by atoms with Crippen molar-refractivity contribution in [3.05, 3.63) is 42.2 Å². The van der Waals surface area contributed by atoms with Gasteiger partial charge in [0.1, 0.15) is 5.75 Å². The Hall–Kier alpha value is -2.86. The van der Waals surface area contributed by atoms with Gasteiger partial charge in [-0.3, -0.25) is 4.79 Å². The molecule has 8 nitrogen and oxygen atoms in total. The first kappa shape index (κ1) is 20.9. The summed E-state index contributed by atoms with van der Waals surface area (Å²) in [5, 5.41) is 2.69. The van der Waals surface area contributed by atoms with Crippen LogP contribution in [0.5, 0.6) is 5.75 Å². The molecule has 0 saturated carbocycles. The van der Waals surface area contributed by atoms with E-state index in [-0.39, 0.29) is 27.2 Å². The fourth-order valence-electron chi connectivity index (χ4n) is 2.66. The number of nitrogen functional groups attached to an aromatic ring is 1. The molecule has 0 aliphatic carbocycles. The number of benzene rings is 1. The van der Waals surface area contributed by atoms with E-state index in [0.29, 0.717) is 19.6 Å². The number of nitrogens with one attached hydrogen (secondary N) is 1. The van der Waals surface area contributed by atoms with Crippen LogP contribution in [0.15, 0.2) is 46.3 Å². The quantitative estimate of drug-likeness (QED) is 0.742. The fourth-order valence-corrected chi connectivity index (χ4v) is 3.90. The van der Waals surface area contributed by atoms with Crippen LogP contribution in [0.4, 0.5) is 18.9 Å². The normalized spacial score (nSPS) is 17.1. The Bertz CT molecular complexity index is 1000. The number of amides is 1. The molecule has 2 aromatic rings. The van der Waals surface area contributed by atoms with Gasteiger partial charge in [-0.1, -0.05) is 0 Å². The number of hydrogen-bond acceptors (Lipinski definition) is 7. The third kappa shape index (κ3) is 4.95. The number of rotatable bonds is 5. The summed E-state index contributed by atoms with van der Waals surface area (Å²) in [6, 6.07) is 4.58. The Kier molecular flexibility index (Phi) is 5.66. The van der Waals surface area contributed by atoms with Crippen molar-refractivity contribution >= 4 is 21.4 Å². The van der Waals surface area contributed by atoms with Gasteiger partial charge in [-0.05, 0) is 36.8 Å². The molecule has 2 heterocycles. The Labute approximate surface area is 163 Å². The van der Waals surface area contributed by atoms with E-state index in [1.54, 1.807) is 0 Å². The van der Waals surface area contributed by atoms with Crippen LogP contribution in [0.25, 0.3) is 0 Å². The average molecular weight is 431 g/mol. The molecule has 1 unspecified atom stereocenters. The van der Waals surface area contributed by atoms with E-state index >= 15 is 0 Å². The van der Waals surface area contributed by atoms with Crippen molar-refractivity contribution < 1.29 is 35.9 Å². The number of anilines is 1. The first-order chi connectivity index (χ1) is 13.6. The van der Waals surface area contributed by atoms with Gasteiger partial charge in [0.15, 0.2) is 5.69 Å². The first-order valence-electron chi connectivity index (χ1n) is 8.31. The van der Waals surface area contributed by atoms with Gasteiger partial charge < -0.3 is 20.5 Å². The largest absolute Gasteiger partial charge is 0.573 e. The summed E-state index contributed by atoms with van der Waals surface area (Å²) >= 11 is 0. The maximum atomic E-state index is 12.7. The highest BCUT2D eigenvalue weighted by molar-refractivity contribution is 7.91. The summed E-state index contributed by atoms with van der Waals surface area (Å²) in [5.41, 5.74) is 5.51. The van der Waals surface area contributed by atoms with E-state index in [2.05, 4.69) is 15.0 Å². The van der Waals surface area contributed by atoms with Crippen LogP contribution in [0, 0.1) is 0 Å². The number of alkyl halides is 3. The molecule has 1 saturated heterocycles. The average Bonchev–Trinajstić information content (AvgIpc) is 3.13. The second kappa shape index (κ2) is 7.87. The van der Waals surface area contributed by atoms with Crippen molar-refractivity contribution in [1.82, 2.24) is 10.3 Å². The van der Waals surface area contributed by atoms with Crippen molar-refractivity contribution in [3.63, 3.8) is 0 Å². The summed E-state index contributed by atoms with van der Waals surface area (Å²) in [4.78, 5) is 15.5. The molecule has 1 aliphatic rings. The number of aromatic nitrogens is 1. The summed E-state index contributed by atoms with van der Waals surface area (Å²) in [5.74, 6) is -1.12. The van der Waals surface area contributed by atoms with Crippen LogP contribution in [-0.2, 0) is 14.6 Å². The van der Waals surface area contributed by atoms with E-state index in [0.717, 1.165) is 36.5 Å². The van der Waals surface area contributed by atoms with Crippen molar-refractivity contribution in [3.8, 4) is 5.75 Å². The van der Waals surface area contributed by atoms with E-state index in [9.17, 15) is 26.4 Å². The zero-order valence-electron chi connectivity index (χ0n) is 14.8. The fraction of sp³-hybridized carbons (Fsp3) is 0.294. The van der Waals surface area contributed by atoms with Gasteiger partial charge in [0.05, 0.1) is 28.1 Å². The lowest BCUT2D eigenvalue weighted by Gasteiger charge is -2.12. The summed E-state index contributed by atoms with van der Waals surface area (Å²) in [7, 11) is -4.12. The van der Waals surface area contributed by atoms with Crippen LogP contribution >= 0.6 is 0 Å². The number of ether oxygens (including phenoxy) is 2. The Balaban J connectivity index is 1.80. The minimum Gasteiger partial charge on any atom is -0.406 e. The van der Waals surface area contributed by atoms with Gasteiger partial charge in [-0.25, -0.2) is 13.4 Å². The van der Waals surface area contributed by atoms with Crippen molar-refractivity contribution in [2.45, 2.75) is 28.6 Å². The topological polar surface area (TPSA) is 121 Å². The molecule has 1 fully saturated rings. The van der Waals surface area contributed by atoms with Crippen LogP contribution in [-0.4, -0.2) is 44.9 Å². The van der Waals surface area contributed by atoms with Crippen LogP contribution in [0.3, 0.4) is 0 Å². The summed E-state index contributed by atoms with van der Waals surface area (Å²) in [6.45, 7) is 0.893. The number of carbonyl (C=O) groups excluding carboxylic acids is 1. The third-order valence-electron chi connectivity index (χ3n) is 4.05. The SMILES string of the molecule is Nc1cc(S(=O)(=O)c2ccc(OC(F)(F)F)cc2)cnc1C(=O)NC1CCOC1. The number of carbonyl (C=O) groups is 1. The lowest BCUT2D eigenvalue weighted by atomic mass is 10.2. The molecule has 3 rings (SSSR count). The van der Waals surface area contributed by atoms with E-state index in [1.807, 2.05) is 0 Å². The molecule has 156 valence electrons. The molecule has 12 heteroatoms. The second-order valence-corrected chi connectivity index (χ2v) is 8.12. The lowest BCUT2D eigenvalue weighted by Crippen LogP contribution is -2.36. The zero-order chi connectivity index (χ0) is 21.2. The number of halogens is 3. The van der Waals surface area contributed by atoms with Crippen molar-refractivity contribution in [1.29, 1.82) is 0 Å². The van der Waals surface area contributed by atoms with Crippen LogP contribution in [0.2, 0.25) is 0 Å². The number of sulfone groups is 1. The maximum absolute atomic E-state index is 12.7. The van der Waals surface area contributed by atoms with Gasteiger partial charge in [0.25, 0.3) is 5.91 Å². The molecule has 29 heavy (non-hydrogen) atoms. The van der Waals surface area contributed by atoms with Gasteiger partial charge in [0, 0.05) is 12.8 Å². The second-order valence-electron chi connectivity index (χ2n) is 6.17. The molecule has 0 radical (unpaired) electrons. The van der Waals surface area contributed by atoms with Gasteiger partial charge in [-0.15, -0.1) is 13.2 Å². The van der Waals surface area contributed by atoms with Gasteiger partial charge >= 0.3 is 6.36 Å². The highest BCUT2D eigenvalue weighted by atomic mass is 32.2. The zero-order valence-corrected chi connectivity index (χ0v) is 15.6. The molecule has 3 N–H and O–H groups in total. The van der Waals surface area contributed by atoms with E-state index < -0.39 is 27.9 Å². The maximum Gasteiger partial charge on any atom is 0.573 e. The highest BCUT2D eigenvalue weighted by Gasteiger charge is 2.31. The molecular weight excluding hydrogens is 415 g/mol. The number of pyridine rings is 1. The number of nitrogens with two attached hydrogens (primary N) is 1. The predicted molar refractivity (Wildman–Crippen MR) is 93.9 cm³/mol. The molecule has 1 atom stereocenters. The molecular formula is C17H16F3N3O5S. The molecule has 1 aromatic carbocycles. The molecule has 0 spiro atoms. The monoisotopic (exact) mass is 431 g/mol. The number of hydrogen-bond donors (Lipinski definition) is 2. The first-order valence-corrected chi connectivity index (χ1v) is 9.79. The Morgan fingerprint density at radius 2 is 1.93 bits per heavy atom. The van der Waals surface area contributed by atoms with Gasteiger partial charge in [-0.2, -0.15) is 0 Å². The van der Waals surface area contributed by atoms with E-state index in [1.165, 1.54) is 0 Å². The van der Waals surface area contributed by atoms with Gasteiger partial charge in [0.2, 0.25) is 9.84 Å². The van der Waals surface area contributed by atoms with Crippen LogP contribution < -0.4 is 15.8 Å². The molecule has 1 aliphatic heterocycles. The minimum absolute atomic E-state index is 0.134. The predicted octanol–water partition coefficient (Wildman–Crippen LogP) is 1.91. The van der Waals surface area contributed by atoms with E-state index in [4.69, 9.17) is 10.5 Å². The smallest absolute Gasteiger partial charge is 0.406 e. The molecule has 1 amide bonds. The molecule has 0 bridgehead atoms. The van der Waals surface area contributed by atoms with Crippen molar-refractivity contribution in [2.24, 2.45) is 0 Å². The summed E-state index contributed by atoms with van der Waals surface area (Å²) < 4.78 is 70.8. The minimum atomic E-state index is -4.89. The summed E-state index contributed by atoms with van der Waals surface area (Å²) in [6.07, 6.45) is -3.28. The Morgan fingerprint density at radius 1 is 1.24 bits per heavy atom. The Morgan fingerprint density at radius 3 is 2.48 bits per heavy atom. The highest BCUT2D eigenvalue weighted by Crippen LogP contribution is 2.27.